The molecule has 0 radical (unpaired) electrons. The molecule has 0 saturated heterocycles. The van der Waals surface area contributed by atoms with Crippen LogP contribution in [0.15, 0.2) is 42.5 Å². The van der Waals surface area contributed by atoms with Gasteiger partial charge in [-0.3, -0.25) is 4.79 Å². The summed E-state index contributed by atoms with van der Waals surface area (Å²) < 4.78 is 5.30. The van der Waals surface area contributed by atoms with Gasteiger partial charge in [0, 0.05) is 5.69 Å². The number of methoxy groups -OCH3 is 1. The summed E-state index contributed by atoms with van der Waals surface area (Å²) in [7, 11) is 1.60. The Labute approximate surface area is 140 Å². The lowest BCUT2D eigenvalue weighted by Crippen LogP contribution is -2.19. The van der Waals surface area contributed by atoms with Gasteiger partial charge in [-0.2, -0.15) is 0 Å². The van der Waals surface area contributed by atoms with Gasteiger partial charge >= 0.3 is 5.97 Å². The Bertz CT molecular complexity index is 714. The Morgan fingerprint density at radius 2 is 1.87 bits per heavy atom. The molecular weight excluding hydrogens is 312 g/mol. The number of hydrogen-bond donors (Lipinski definition) is 3. The van der Waals surface area contributed by atoms with Crippen molar-refractivity contribution in [1.29, 1.82) is 0 Å². The maximum Gasteiger partial charge on any atom is 0.307 e. The van der Waals surface area contributed by atoms with Crippen molar-refractivity contribution in [1.82, 2.24) is 0 Å². The van der Waals surface area contributed by atoms with Crippen molar-refractivity contribution in [3.05, 3.63) is 53.6 Å². The SMILES string of the molecule is COc1ccc(C)cc1NC(=S)Nc1ccc(CC(=O)O)cc1. The van der Waals surface area contributed by atoms with Crippen molar-refractivity contribution in [3.63, 3.8) is 0 Å². The van der Waals surface area contributed by atoms with Crippen LogP contribution in [0.25, 0.3) is 0 Å². The summed E-state index contributed by atoms with van der Waals surface area (Å²) in [6.45, 7) is 1.99. The van der Waals surface area contributed by atoms with Crippen molar-refractivity contribution >= 4 is 34.7 Å². The number of carbonyl (C=O) groups is 1. The lowest BCUT2D eigenvalue weighted by molar-refractivity contribution is -0.136. The Hall–Kier alpha value is -2.60. The van der Waals surface area contributed by atoms with Crippen LogP contribution in [0.4, 0.5) is 11.4 Å². The molecule has 6 heteroatoms. The number of rotatable bonds is 5. The first kappa shape index (κ1) is 16.8. The van der Waals surface area contributed by atoms with Crippen LogP contribution in [0.2, 0.25) is 0 Å². The number of ether oxygens (including phenoxy) is 1. The smallest absolute Gasteiger partial charge is 0.307 e. The minimum atomic E-state index is -0.852. The van der Waals surface area contributed by atoms with E-state index in [9.17, 15) is 4.79 Å². The summed E-state index contributed by atoms with van der Waals surface area (Å²) in [6.07, 6.45) is 0.00344. The molecule has 5 nitrogen and oxygen atoms in total. The molecule has 120 valence electrons. The highest BCUT2D eigenvalue weighted by molar-refractivity contribution is 7.80. The van der Waals surface area contributed by atoms with Gasteiger partial charge in [0.05, 0.1) is 19.2 Å². The van der Waals surface area contributed by atoms with Gasteiger partial charge in [-0.15, -0.1) is 0 Å². The van der Waals surface area contributed by atoms with Crippen LogP contribution in [0.3, 0.4) is 0 Å². The second-order valence-electron chi connectivity index (χ2n) is 5.05. The fourth-order valence-electron chi connectivity index (χ4n) is 2.08. The van der Waals surface area contributed by atoms with E-state index >= 15 is 0 Å². The number of thiocarbonyl (C=S) groups is 1. The van der Waals surface area contributed by atoms with Gasteiger partial charge in [-0.1, -0.05) is 18.2 Å². The first-order valence-corrected chi connectivity index (χ1v) is 7.42. The fraction of sp³-hybridized carbons (Fsp3) is 0.176. The Morgan fingerprint density at radius 1 is 1.17 bits per heavy atom. The van der Waals surface area contributed by atoms with Gasteiger partial charge < -0.3 is 20.5 Å². The van der Waals surface area contributed by atoms with E-state index in [1.807, 2.05) is 25.1 Å². The van der Waals surface area contributed by atoms with Crippen LogP contribution in [0.5, 0.6) is 5.75 Å². The van der Waals surface area contributed by atoms with E-state index < -0.39 is 5.97 Å². The van der Waals surface area contributed by atoms with Crippen LogP contribution in [-0.4, -0.2) is 23.3 Å². The zero-order chi connectivity index (χ0) is 16.8. The molecule has 23 heavy (non-hydrogen) atoms. The monoisotopic (exact) mass is 330 g/mol. The van der Waals surface area contributed by atoms with E-state index in [1.165, 1.54) is 0 Å². The third-order valence-electron chi connectivity index (χ3n) is 3.17. The molecule has 0 spiro atoms. The summed E-state index contributed by atoms with van der Waals surface area (Å²) in [4.78, 5) is 10.7. The highest BCUT2D eigenvalue weighted by atomic mass is 32.1. The lowest BCUT2D eigenvalue weighted by atomic mass is 10.1. The van der Waals surface area contributed by atoms with Crippen LogP contribution < -0.4 is 15.4 Å². The standard InChI is InChI=1S/C17H18N2O3S/c1-11-3-8-15(22-2)14(9-11)19-17(23)18-13-6-4-12(5-7-13)10-16(20)21/h3-9H,10H2,1-2H3,(H,20,21)(H2,18,19,23). The van der Waals surface area contributed by atoms with Gasteiger partial charge in [-0.05, 0) is 54.5 Å². The molecule has 0 aliphatic heterocycles. The van der Waals surface area contributed by atoms with Crippen molar-refractivity contribution in [3.8, 4) is 5.75 Å². The third kappa shape index (κ3) is 4.96. The quantitative estimate of drug-likeness (QED) is 0.730. The van der Waals surface area contributed by atoms with Gasteiger partial charge in [-0.25, -0.2) is 0 Å². The fourth-order valence-corrected chi connectivity index (χ4v) is 2.31. The van der Waals surface area contributed by atoms with Crippen molar-refractivity contribution in [2.24, 2.45) is 0 Å². The second-order valence-corrected chi connectivity index (χ2v) is 5.46. The normalized spacial score (nSPS) is 10.0. The summed E-state index contributed by atoms with van der Waals surface area (Å²) in [6, 6.07) is 12.9. The van der Waals surface area contributed by atoms with Crippen molar-refractivity contribution in [2.75, 3.05) is 17.7 Å². The summed E-state index contributed by atoms with van der Waals surface area (Å²) in [5.74, 6) is -0.147. The highest BCUT2D eigenvalue weighted by Crippen LogP contribution is 2.25. The van der Waals surface area contributed by atoms with E-state index in [-0.39, 0.29) is 6.42 Å². The molecule has 2 aromatic rings. The predicted molar refractivity (Wildman–Crippen MR) is 95.4 cm³/mol. The topological polar surface area (TPSA) is 70.6 Å². The van der Waals surface area contributed by atoms with E-state index in [0.717, 1.165) is 22.5 Å². The Kier molecular flexibility index (Phi) is 5.54. The van der Waals surface area contributed by atoms with Crippen LogP contribution in [-0.2, 0) is 11.2 Å². The third-order valence-corrected chi connectivity index (χ3v) is 3.37. The average Bonchev–Trinajstić information content (AvgIpc) is 2.49. The minimum absolute atomic E-state index is 0.00344. The zero-order valence-electron chi connectivity index (χ0n) is 12.9. The number of nitrogens with one attached hydrogen (secondary N) is 2. The molecule has 0 aromatic heterocycles. The number of benzene rings is 2. The minimum Gasteiger partial charge on any atom is -0.495 e. The lowest BCUT2D eigenvalue weighted by Gasteiger charge is -2.14. The number of hydrogen-bond acceptors (Lipinski definition) is 3. The molecule has 0 heterocycles. The van der Waals surface area contributed by atoms with Crippen LogP contribution in [0.1, 0.15) is 11.1 Å². The number of anilines is 2. The molecule has 0 atom stereocenters. The van der Waals surface area contributed by atoms with Crippen molar-refractivity contribution < 1.29 is 14.6 Å². The Morgan fingerprint density at radius 3 is 2.48 bits per heavy atom. The van der Waals surface area contributed by atoms with Gasteiger partial charge in [0.1, 0.15) is 5.75 Å². The number of aliphatic carboxylic acids is 1. The van der Waals surface area contributed by atoms with Gasteiger partial charge in [0.25, 0.3) is 0 Å². The summed E-state index contributed by atoms with van der Waals surface area (Å²) >= 11 is 5.30. The van der Waals surface area contributed by atoms with Crippen LogP contribution in [0, 0.1) is 6.92 Å². The predicted octanol–water partition coefficient (Wildman–Crippen LogP) is 3.44. The maximum absolute atomic E-state index is 10.7. The molecular formula is C17H18N2O3S. The molecule has 0 aliphatic rings. The van der Waals surface area contributed by atoms with E-state index in [0.29, 0.717) is 10.9 Å². The summed E-state index contributed by atoms with van der Waals surface area (Å²) in [5.41, 5.74) is 3.40. The molecule has 2 rings (SSSR count). The first-order chi connectivity index (χ1) is 11.0. The molecule has 0 saturated carbocycles. The Balaban J connectivity index is 2.02. The molecule has 0 aliphatic carbocycles. The molecule has 3 N–H and O–H groups in total. The second kappa shape index (κ2) is 7.60. The van der Waals surface area contributed by atoms with Crippen LogP contribution >= 0.6 is 12.2 Å². The van der Waals surface area contributed by atoms with E-state index in [2.05, 4.69) is 10.6 Å². The number of carboxylic acids is 1. The van der Waals surface area contributed by atoms with Gasteiger partial charge in [0.15, 0.2) is 5.11 Å². The number of aryl methyl sites for hydroxylation is 1. The molecule has 2 aromatic carbocycles. The number of carboxylic acid groups (broad SMARTS) is 1. The van der Waals surface area contributed by atoms with Crippen molar-refractivity contribution in [2.45, 2.75) is 13.3 Å². The average molecular weight is 330 g/mol. The van der Waals surface area contributed by atoms with E-state index in [4.69, 9.17) is 22.1 Å². The molecule has 0 bridgehead atoms. The zero-order valence-corrected chi connectivity index (χ0v) is 13.7. The van der Waals surface area contributed by atoms with Gasteiger partial charge in [0.2, 0.25) is 0 Å². The molecule has 0 unspecified atom stereocenters. The molecule has 0 amide bonds. The van der Waals surface area contributed by atoms with E-state index in [1.54, 1.807) is 31.4 Å². The maximum atomic E-state index is 10.7. The molecule has 0 fully saturated rings. The summed E-state index contributed by atoms with van der Waals surface area (Å²) in [5, 5.41) is 15.3. The largest absolute Gasteiger partial charge is 0.495 e. The highest BCUT2D eigenvalue weighted by Gasteiger charge is 2.06. The first-order valence-electron chi connectivity index (χ1n) is 7.01.